The van der Waals surface area contributed by atoms with Gasteiger partial charge in [-0.1, -0.05) is 30.3 Å². The molecule has 0 saturated carbocycles. The molecule has 2 saturated heterocycles. The Morgan fingerprint density at radius 2 is 2.10 bits per heavy atom. The summed E-state index contributed by atoms with van der Waals surface area (Å²) in [5.74, 6) is -0.253. The van der Waals surface area contributed by atoms with Crippen molar-refractivity contribution in [2.45, 2.75) is 43.0 Å². The fourth-order valence-electron chi connectivity index (χ4n) is 2.77. The highest BCUT2D eigenvalue weighted by atomic mass is 32.2. The smallest absolute Gasteiger partial charge is 0.330 e. The molecule has 1 aromatic rings. The SMILES string of the molecule is CC1(C)S[C@H]2CC(=O)N2[C@H]1C(=O)OCc1ccccc1. The zero-order chi connectivity index (χ0) is 14.3. The number of amides is 1. The average molecular weight is 291 g/mol. The van der Waals surface area contributed by atoms with Crippen molar-refractivity contribution >= 4 is 23.6 Å². The maximum Gasteiger partial charge on any atom is 0.330 e. The number of hydrogen-bond donors (Lipinski definition) is 0. The lowest BCUT2D eigenvalue weighted by atomic mass is 9.98. The molecule has 106 valence electrons. The average Bonchev–Trinajstić information content (AvgIpc) is 2.64. The molecule has 3 rings (SSSR count). The van der Waals surface area contributed by atoms with Crippen molar-refractivity contribution in [3.63, 3.8) is 0 Å². The van der Waals surface area contributed by atoms with Crippen LogP contribution in [0.15, 0.2) is 30.3 Å². The lowest BCUT2D eigenvalue weighted by Crippen LogP contribution is -2.57. The van der Waals surface area contributed by atoms with E-state index in [4.69, 9.17) is 4.74 Å². The van der Waals surface area contributed by atoms with E-state index in [-0.39, 0.29) is 28.6 Å². The van der Waals surface area contributed by atoms with Crippen LogP contribution in [-0.2, 0) is 20.9 Å². The first-order chi connectivity index (χ1) is 9.49. The van der Waals surface area contributed by atoms with Crippen molar-refractivity contribution in [1.82, 2.24) is 4.90 Å². The predicted molar refractivity (Wildman–Crippen MR) is 76.9 cm³/mol. The van der Waals surface area contributed by atoms with E-state index < -0.39 is 6.04 Å². The number of hydrogen-bond acceptors (Lipinski definition) is 4. The molecule has 2 heterocycles. The van der Waals surface area contributed by atoms with Crippen LogP contribution in [-0.4, -0.2) is 32.9 Å². The highest BCUT2D eigenvalue weighted by Gasteiger charge is 2.59. The third-order valence-corrected chi connectivity index (χ3v) is 5.27. The summed E-state index contributed by atoms with van der Waals surface area (Å²) >= 11 is 1.68. The monoisotopic (exact) mass is 291 g/mol. The third kappa shape index (κ3) is 2.20. The fourth-order valence-corrected chi connectivity index (χ4v) is 4.38. The zero-order valence-electron chi connectivity index (χ0n) is 11.5. The number of nitrogens with zero attached hydrogens (tertiary/aromatic N) is 1. The molecule has 1 amide bonds. The standard InChI is InChI=1S/C15H17NO3S/c1-15(2)13(16-11(17)8-12(16)20-15)14(18)19-9-10-6-4-3-5-7-10/h3-7,12-13H,8-9H2,1-2H3/t12-,13-/m0/s1. The summed E-state index contributed by atoms with van der Waals surface area (Å²) in [6.45, 7) is 4.25. The largest absolute Gasteiger partial charge is 0.459 e. The topological polar surface area (TPSA) is 46.6 Å². The molecule has 0 unspecified atom stereocenters. The lowest BCUT2D eigenvalue weighted by Gasteiger charge is -2.37. The highest BCUT2D eigenvalue weighted by molar-refractivity contribution is 8.01. The van der Waals surface area contributed by atoms with Gasteiger partial charge in [-0.3, -0.25) is 4.79 Å². The first kappa shape index (κ1) is 13.5. The van der Waals surface area contributed by atoms with E-state index in [0.29, 0.717) is 6.42 Å². The molecule has 2 atom stereocenters. The van der Waals surface area contributed by atoms with Crippen LogP contribution in [0.4, 0.5) is 0 Å². The van der Waals surface area contributed by atoms with E-state index >= 15 is 0 Å². The lowest BCUT2D eigenvalue weighted by molar-refractivity contribution is -0.162. The number of fused-ring (bicyclic) bond motifs is 1. The molecule has 0 N–H and O–H groups in total. The van der Waals surface area contributed by atoms with E-state index in [1.54, 1.807) is 16.7 Å². The quantitative estimate of drug-likeness (QED) is 0.632. The number of benzene rings is 1. The van der Waals surface area contributed by atoms with Crippen molar-refractivity contribution in [2.75, 3.05) is 0 Å². The Kier molecular flexibility index (Phi) is 3.24. The Morgan fingerprint density at radius 1 is 1.40 bits per heavy atom. The predicted octanol–water partition coefficient (Wildman–Crippen LogP) is 2.18. The minimum Gasteiger partial charge on any atom is -0.459 e. The van der Waals surface area contributed by atoms with Crippen molar-refractivity contribution in [3.05, 3.63) is 35.9 Å². The molecular formula is C15H17NO3S. The van der Waals surface area contributed by atoms with Gasteiger partial charge in [0.1, 0.15) is 12.6 Å². The maximum absolute atomic E-state index is 12.3. The summed E-state index contributed by atoms with van der Waals surface area (Å²) in [5, 5.41) is 0.145. The van der Waals surface area contributed by atoms with Crippen molar-refractivity contribution < 1.29 is 14.3 Å². The summed E-state index contributed by atoms with van der Waals surface area (Å²) in [6.07, 6.45) is 0.538. The number of carbonyl (C=O) groups is 2. The van der Waals surface area contributed by atoms with Gasteiger partial charge in [0.25, 0.3) is 0 Å². The molecule has 1 aromatic carbocycles. The number of rotatable bonds is 3. The van der Waals surface area contributed by atoms with Crippen molar-refractivity contribution in [2.24, 2.45) is 0 Å². The summed E-state index contributed by atoms with van der Waals surface area (Å²) in [5.41, 5.74) is 0.954. The second kappa shape index (κ2) is 4.81. The molecule has 2 aliphatic rings. The molecule has 5 heteroatoms. The second-order valence-corrected chi connectivity index (χ2v) is 7.51. The molecule has 20 heavy (non-hydrogen) atoms. The van der Waals surface area contributed by atoms with Gasteiger partial charge in [0.05, 0.1) is 11.8 Å². The molecule has 0 aliphatic carbocycles. The molecule has 4 nitrogen and oxygen atoms in total. The van der Waals surface area contributed by atoms with Crippen LogP contribution >= 0.6 is 11.8 Å². The normalized spacial score (nSPS) is 26.9. The van der Waals surface area contributed by atoms with Gasteiger partial charge in [0.2, 0.25) is 5.91 Å². The molecule has 0 spiro atoms. The van der Waals surface area contributed by atoms with E-state index in [9.17, 15) is 9.59 Å². The highest BCUT2D eigenvalue weighted by Crippen LogP contribution is 2.50. The number of esters is 1. The maximum atomic E-state index is 12.3. The minimum absolute atomic E-state index is 0.0507. The Hall–Kier alpha value is -1.49. The van der Waals surface area contributed by atoms with E-state index in [1.807, 2.05) is 44.2 Å². The Bertz CT molecular complexity index is 543. The van der Waals surface area contributed by atoms with Crippen LogP contribution in [0.2, 0.25) is 0 Å². The van der Waals surface area contributed by atoms with Crippen LogP contribution in [0.5, 0.6) is 0 Å². The van der Waals surface area contributed by atoms with Gasteiger partial charge in [-0.15, -0.1) is 11.8 Å². The van der Waals surface area contributed by atoms with Gasteiger partial charge < -0.3 is 9.64 Å². The van der Waals surface area contributed by atoms with Crippen molar-refractivity contribution in [1.29, 1.82) is 0 Å². The van der Waals surface area contributed by atoms with Gasteiger partial charge >= 0.3 is 5.97 Å². The first-order valence-electron chi connectivity index (χ1n) is 6.68. The Morgan fingerprint density at radius 3 is 2.75 bits per heavy atom. The van der Waals surface area contributed by atoms with Gasteiger partial charge in [0, 0.05) is 4.75 Å². The Labute approximate surface area is 122 Å². The molecule has 0 bridgehead atoms. The van der Waals surface area contributed by atoms with Gasteiger partial charge in [0.15, 0.2) is 0 Å². The molecule has 0 aromatic heterocycles. The fraction of sp³-hybridized carbons (Fsp3) is 0.467. The van der Waals surface area contributed by atoms with Crippen LogP contribution < -0.4 is 0 Å². The first-order valence-corrected chi connectivity index (χ1v) is 7.56. The molecule has 2 fully saturated rings. The molecular weight excluding hydrogens is 274 g/mol. The summed E-state index contributed by atoms with van der Waals surface area (Å²) in [6, 6.07) is 9.10. The van der Waals surface area contributed by atoms with Crippen LogP contribution in [0, 0.1) is 0 Å². The van der Waals surface area contributed by atoms with Gasteiger partial charge in [-0.25, -0.2) is 4.79 Å². The summed E-state index contributed by atoms with van der Waals surface area (Å²) < 4.78 is 5.12. The van der Waals surface area contributed by atoms with Gasteiger partial charge in [-0.05, 0) is 19.4 Å². The van der Waals surface area contributed by atoms with E-state index in [1.165, 1.54) is 0 Å². The number of β-lactam (4-membered cyclic amide) rings is 1. The van der Waals surface area contributed by atoms with Crippen LogP contribution in [0.25, 0.3) is 0 Å². The van der Waals surface area contributed by atoms with Crippen LogP contribution in [0.1, 0.15) is 25.8 Å². The Balaban J connectivity index is 1.68. The second-order valence-electron chi connectivity index (χ2n) is 5.68. The third-order valence-electron chi connectivity index (χ3n) is 3.77. The summed E-state index contributed by atoms with van der Waals surface area (Å²) in [7, 11) is 0. The number of carbonyl (C=O) groups excluding carboxylic acids is 2. The number of ether oxygens (including phenoxy) is 1. The van der Waals surface area contributed by atoms with Crippen molar-refractivity contribution in [3.8, 4) is 0 Å². The van der Waals surface area contributed by atoms with Crippen LogP contribution in [0.3, 0.4) is 0 Å². The molecule has 0 radical (unpaired) electrons. The van der Waals surface area contributed by atoms with E-state index in [2.05, 4.69) is 0 Å². The zero-order valence-corrected chi connectivity index (χ0v) is 12.4. The number of thioether (sulfide) groups is 1. The molecule has 2 aliphatic heterocycles. The summed E-state index contributed by atoms with van der Waals surface area (Å²) in [4.78, 5) is 25.7. The minimum atomic E-state index is -0.470. The van der Waals surface area contributed by atoms with E-state index in [0.717, 1.165) is 5.56 Å². The van der Waals surface area contributed by atoms with Gasteiger partial charge in [-0.2, -0.15) is 0 Å².